The van der Waals surface area contributed by atoms with E-state index in [-0.39, 0.29) is 29.5 Å². The average Bonchev–Trinajstić information content (AvgIpc) is 3.61. The van der Waals surface area contributed by atoms with E-state index in [0.717, 1.165) is 12.1 Å². The summed E-state index contributed by atoms with van der Waals surface area (Å²) in [6, 6.07) is 10.4. The molecule has 1 aliphatic heterocycles. The fourth-order valence-electron chi connectivity index (χ4n) is 5.31. The number of rotatable bonds is 8. The van der Waals surface area contributed by atoms with Gasteiger partial charge in [-0.1, -0.05) is 12.1 Å². The smallest absolute Gasteiger partial charge is 0.416 e. The minimum Gasteiger partial charge on any atom is -0.466 e. The molecule has 2 N–H and O–H groups in total. The van der Waals surface area contributed by atoms with Crippen LogP contribution in [0.1, 0.15) is 35.2 Å². The van der Waals surface area contributed by atoms with Crippen LogP contribution in [0.25, 0.3) is 0 Å². The van der Waals surface area contributed by atoms with E-state index in [0.29, 0.717) is 36.2 Å². The molecule has 0 unspecified atom stereocenters. The molecule has 0 aliphatic carbocycles. The number of allylic oxidation sites excluding steroid dienone is 1. The first-order valence-electron chi connectivity index (χ1n) is 13.2. The maximum absolute atomic E-state index is 13.6. The molecule has 3 heterocycles. The summed E-state index contributed by atoms with van der Waals surface area (Å²) in [6.45, 7) is 2.41. The largest absolute Gasteiger partial charge is 0.466 e. The number of aliphatic hydroxyl groups is 1. The Hall–Kier alpha value is -5.16. The van der Waals surface area contributed by atoms with Gasteiger partial charge in [0.05, 0.1) is 43.0 Å². The van der Waals surface area contributed by atoms with Gasteiger partial charge in [0.1, 0.15) is 25.0 Å². The number of methoxy groups -OCH3 is 1. The monoisotopic (exact) mass is 594 g/mol. The normalized spacial score (nSPS) is 14.9. The first-order chi connectivity index (χ1) is 20.6. The highest BCUT2D eigenvalue weighted by molar-refractivity contribution is 5.93. The van der Waals surface area contributed by atoms with Gasteiger partial charge in [-0.05, 0) is 48.4 Å². The number of imidazole rings is 1. The maximum Gasteiger partial charge on any atom is 0.416 e. The first-order valence-corrected chi connectivity index (χ1v) is 13.2. The average molecular weight is 595 g/mol. The van der Waals surface area contributed by atoms with Crippen molar-refractivity contribution >= 4 is 17.6 Å². The van der Waals surface area contributed by atoms with Crippen molar-refractivity contribution in [1.82, 2.24) is 19.3 Å². The number of benzene rings is 2. The number of aryl methyl sites for hydroxylation is 2. The van der Waals surface area contributed by atoms with E-state index in [4.69, 9.17) is 4.74 Å². The van der Waals surface area contributed by atoms with Crippen molar-refractivity contribution < 1.29 is 32.4 Å². The number of aromatic amines is 1. The molecule has 1 atom stereocenters. The molecular formula is C29H27F3N7O4+. The fraction of sp³-hybridized carbons (Fsp3) is 0.276. The van der Waals surface area contributed by atoms with E-state index in [1.165, 1.54) is 28.7 Å². The van der Waals surface area contributed by atoms with Crippen LogP contribution < -0.4 is 15.2 Å². The topological polar surface area (TPSA) is 133 Å². The van der Waals surface area contributed by atoms with E-state index < -0.39 is 29.4 Å². The van der Waals surface area contributed by atoms with Crippen LogP contribution in [-0.2, 0) is 35.2 Å². The number of nitrogens with one attached hydrogen (secondary N) is 1. The van der Waals surface area contributed by atoms with Crippen LogP contribution in [0.4, 0.5) is 24.8 Å². The summed E-state index contributed by atoms with van der Waals surface area (Å²) in [5.74, 6) is -0.811. The third-order valence-electron chi connectivity index (χ3n) is 7.29. The number of nitrogens with zero attached hydrogens (tertiary/aromatic N) is 6. The molecule has 5 rings (SSSR count). The minimum absolute atomic E-state index is 0.0172. The zero-order valence-corrected chi connectivity index (χ0v) is 23.2. The Balaban J connectivity index is 1.67. The summed E-state index contributed by atoms with van der Waals surface area (Å²) < 4.78 is 50.8. The van der Waals surface area contributed by atoms with Crippen LogP contribution in [0.2, 0.25) is 0 Å². The molecule has 0 spiro atoms. The lowest BCUT2D eigenvalue weighted by Crippen LogP contribution is -2.38. The zero-order valence-electron chi connectivity index (χ0n) is 23.2. The van der Waals surface area contributed by atoms with Gasteiger partial charge in [-0.25, -0.2) is 28.4 Å². The number of H-pyrrole nitrogens is 1. The number of anilines is 2. The standard InChI is InChI=1S/C29H26F3N7O4/c1-18-24(26(41)43-2)25(23-7-6-19(16-33)14-20(23)8-9-36-10-11-37(17-36)12-13-40)39-27(34-35-28(39)42)38(18)22-5-3-4-21(15-22)29(30,31)32/h3-7,10-11,14-15,17,25,40H,8-9,12-13H2,1-2H3/p+1/t25-/m1/s1. The number of halogens is 3. The van der Waals surface area contributed by atoms with Crippen molar-refractivity contribution in [3.63, 3.8) is 0 Å². The number of carbonyl (C=O) groups is 1. The van der Waals surface area contributed by atoms with Crippen LogP contribution in [0.3, 0.4) is 0 Å². The van der Waals surface area contributed by atoms with Crippen LogP contribution in [0, 0.1) is 11.3 Å². The van der Waals surface area contributed by atoms with E-state index in [1.54, 1.807) is 25.1 Å². The second kappa shape index (κ2) is 11.6. The van der Waals surface area contributed by atoms with E-state index in [9.17, 15) is 33.1 Å². The van der Waals surface area contributed by atoms with Crippen molar-refractivity contribution in [2.45, 2.75) is 38.7 Å². The summed E-state index contributed by atoms with van der Waals surface area (Å²) in [4.78, 5) is 28.0. The lowest BCUT2D eigenvalue weighted by atomic mass is 9.89. The number of hydrogen-bond acceptors (Lipinski definition) is 7. The van der Waals surface area contributed by atoms with Gasteiger partial charge >= 0.3 is 17.8 Å². The Morgan fingerprint density at radius 3 is 2.74 bits per heavy atom. The summed E-state index contributed by atoms with van der Waals surface area (Å²) in [7, 11) is 1.18. The number of fused-ring (bicyclic) bond motifs is 1. The molecular weight excluding hydrogens is 567 g/mol. The van der Waals surface area contributed by atoms with Gasteiger partial charge in [0, 0.05) is 17.8 Å². The molecule has 1 aliphatic rings. The second-order valence-corrected chi connectivity index (χ2v) is 9.86. The van der Waals surface area contributed by atoms with Crippen molar-refractivity contribution in [2.24, 2.45) is 0 Å². The van der Waals surface area contributed by atoms with Gasteiger partial charge in [-0.15, -0.1) is 5.10 Å². The number of esters is 1. The van der Waals surface area contributed by atoms with Gasteiger partial charge in [-0.2, -0.15) is 18.4 Å². The number of aliphatic hydroxyl groups excluding tert-OH is 1. The molecule has 0 fully saturated rings. The Labute approximate surface area is 243 Å². The third-order valence-corrected chi connectivity index (χ3v) is 7.29. The van der Waals surface area contributed by atoms with Crippen molar-refractivity contribution in [3.05, 3.63) is 105 Å². The highest BCUT2D eigenvalue weighted by atomic mass is 19.4. The molecule has 0 saturated heterocycles. The summed E-state index contributed by atoms with van der Waals surface area (Å²) in [6.07, 6.45) is 1.23. The van der Waals surface area contributed by atoms with Gasteiger partial charge < -0.3 is 9.84 Å². The molecule has 11 nitrogen and oxygen atoms in total. The second-order valence-electron chi connectivity index (χ2n) is 9.86. The molecule has 0 radical (unpaired) electrons. The van der Waals surface area contributed by atoms with E-state index >= 15 is 0 Å². The number of alkyl halides is 3. The zero-order chi connectivity index (χ0) is 30.9. The molecule has 0 bridgehead atoms. The fourth-order valence-corrected chi connectivity index (χ4v) is 5.31. The SMILES string of the molecule is COC(=O)C1=C(C)N(c2cccc(C(F)(F)F)c2)c2n[nH]c(=O)n2[C@@H]1c1ccc(C#N)cc1CCn1cc[n+](CCO)c1. The highest BCUT2D eigenvalue weighted by Crippen LogP contribution is 2.43. The van der Waals surface area contributed by atoms with Crippen molar-refractivity contribution in [2.75, 3.05) is 18.6 Å². The van der Waals surface area contributed by atoms with Gasteiger partial charge in [0.25, 0.3) is 0 Å². The van der Waals surface area contributed by atoms with Crippen LogP contribution in [-0.4, -0.2) is 44.1 Å². The number of carbonyl (C=O) groups excluding carboxylic acids is 1. The van der Waals surface area contributed by atoms with Crippen molar-refractivity contribution in [1.29, 1.82) is 5.26 Å². The predicted molar refractivity (Wildman–Crippen MR) is 146 cm³/mol. The Bertz CT molecular complexity index is 1810. The van der Waals surface area contributed by atoms with Gasteiger partial charge in [0.2, 0.25) is 12.3 Å². The Morgan fingerprint density at radius 2 is 2.05 bits per heavy atom. The van der Waals surface area contributed by atoms with Gasteiger partial charge in [-0.3, -0.25) is 4.90 Å². The summed E-state index contributed by atoms with van der Waals surface area (Å²) in [5.41, 5.74) is 0.201. The molecule has 0 saturated carbocycles. The lowest BCUT2D eigenvalue weighted by molar-refractivity contribution is -0.697. The minimum atomic E-state index is -4.63. The van der Waals surface area contributed by atoms with Gasteiger partial charge in [0.15, 0.2) is 0 Å². The maximum atomic E-state index is 13.6. The molecule has 4 aromatic rings. The molecule has 2 aromatic heterocycles. The summed E-state index contributed by atoms with van der Waals surface area (Å²) >= 11 is 0. The molecule has 222 valence electrons. The Kier molecular flexibility index (Phi) is 7.92. The molecule has 43 heavy (non-hydrogen) atoms. The van der Waals surface area contributed by atoms with Crippen molar-refractivity contribution in [3.8, 4) is 6.07 Å². The lowest BCUT2D eigenvalue weighted by Gasteiger charge is -2.36. The Morgan fingerprint density at radius 1 is 1.26 bits per heavy atom. The van der Waals surface area contributed by atoms with Crippen LogP contribution in [0.5, 0.6) is 0 Å². The number of ether oxygens (including phenoxy) is 1. The number of hydrogen-bond donors (Lipinski definition) is 2. The number of aromatic nitrogens is 5. The van der Waals surface area contributed by atoms with E-state index in [1.807, 2.05) is 27.9 Å². The predicted octanol–water partition coefficient (Wildman–Crippen LogP) is 2.97. The van der Waals surface area contributed by atoms with Crippen LogP contribution >= 0.6 is 0 Å². The highest BCUT2D eigenvalue weighted by Gasteiger charge is 2.41. The first kappa shape index (κ1) is 29.3. The number of nitriles is 1. The molecule has 2 aromatic carbocycles. The van der Waals surface area contributed by atoms with E-state index in [2.05, 4.69) is 16.3 Å². The quantitative estimate of drug-likeness (QED) is 0.237. The molecule has 14 heteroatoms. The van der Waals surface area contributed by atoms with Crippen LogP contribution in [0.15, 0.2) is 77.3 Å². The third kappa shape index (κ3) is 5.54. The summed E-state index contributed by atoms with van der Waals surface area (Å²) in [5, 5.41) is 25.3. The molecule has 0 amide bonds.